The Morgan fingerprint density at radius 1 is 1.06 bits per heavy atom. The molecule has 0 aliphatic carbocycles. The number of hydrogen-bond acceptors (Lipinski definition) is 1. The summed E-state index contributed by atoms with van der Waals surface area (Å²) in [5.74, 6) is -0.736. The molecule has 2 aromatic carbocycles. The summed E-state index contributed by atoms with van der Waals surface area (Å²) < 4.78 is 26.9. The standard InChI is InChI=1S/C13H9BrClF2N/c14-10-5-8(1-3-11(10)16)7-18-13-4-2-9(15)6-12(13)17/h1-6,18H,7H2. The van der Waals surface area contributed by atoms with Crippen molar-refractivity contribution in [1.29, 1.82) is 0 Å². The molecule has 0 amide bonds. The van der Waals surface area contributed by atoms with Crippen molar-refractivity contribution in [2.75, 3.05) is 5.32 Å². The molecule has 1 N–H and O–H groups in total. The van der Waals surface area contributed by atoms with E-state index in [1.807, 2.05) is 0 Å². The highest BCUT2D eigenvalue weighted by Crippen LogP contribution is 2.21. The van der Waals surface area contributed by atoms with Crippen molar-refractivity contribution in [1.82, 2.24) is 0 Å². The predicted molar refractivity (Wildman–Crippen MR) is 72.8 cm³/mol. The summed E-state index contributed by atoms with van der Waals surface area (Å²) in [6.07, 6.45) is 0. The third-order valence-corrected chi connectivity index (χ3v) is 3.24. The van der Waals surface area contributed by atoms with Crippen molar-refractivity contribution < 1.29 is 8.78 Å². The normalized spacial score (nSPS) is 10.4. The van der Waals surface area contributed by atoms with Crippen molar-refractivity contribution in [3.8, 4) is 0 Å². The van der Waals surface area contributed by atoms with Gasteiger partial charge in [-0.15, -0.1) is 0 Å². The molecule has 0 radical (unpaired) electrons. The molecule has 5 heteroatoms. The molecule has 0 bridgehead atoms. The molecule has 0 aliphatic rings. The lowest BCUT2D eigenvalue weighted by molar-refractivity contribution is 0.620. The van der Waals surface area contributed by atoms with Crippen LogP contribution >= 0.6 is 27.5 Å². The minimum Gasteiger partial charge on any atom is -0.379 e. The zero-order chi connectivity index (χ0) is 13.1. The molecule has 0 aliphatic heterocycles. The quantitative estimate of drug-likeness (QED) is 0.834. The lowest BCUT2D eigenvalue weighted by Crippen LogP contribution is -2.01. The Hall–Kier alpha value is -1.13. The minimum atomic E-state index is -0.413. The van der Waals surface area contributed by atoms with E-state index in [1.165, 1.54) is 12.1 Å². The maximum absolute atomic E-state index is 13.5. The fourth-order valence-corrected chi connectivity index (χ4v) is 2.06. The van der Waals surface area contributed by atoms with Crippen molar-refractivity contribution in [3.63, 3.8) is 0 Å². The fourth-order valence-electron chi connectivity index (χ4n) is 1.48. The van der Waals surface area contributed by atoms with Gasteiger partial charge in [-0.1, -0.05) is 17.7 Å². The van der Waals surface area contributed by atoms with Crippen LogP contribution in [0.4, 0.5) is 14.5 Å². The van der Waals surface area contributed by atoms with Gasteiger partial charge in [0.15, 0.2) is 0 Å². The highest BCUT2D eigenvalue weighted by Gasteiger charge is 2.04. The van der Waals surface area contributed by atoms with Crippen molar-refractivity contribution in [3.05, 3.63) is 63.1 Å². The van der Waals surface area contributed by atoms with Gasteiger partial charge in [0, 0.05) is 11.6 Å². The van der Waals surface area contributed by atoms with Crippen LogP contribution in [0.2, 0.25) is 5.02 Å². The summed E-state index contributed by atoms with van der Waals surface area (Å²) in [5.41, 5.74) is 1.21. The largest absolute Gasteiger partial charge is 0.379 e. The molecule has 18 heavy (non-hydrogen) atoms. The highest BCUT2D eigenvalue weighted by atomic mass is 79.9. The molecule has 2 rings (SSSR count). The van der Waals surface area contributed by atoms with E-state index < -0.39 is 5.82 Å². The lowest BCUT2D eigenvalue weighted by atomic mass is 10.2. The molecule has 0 aromatic heterocycles. The molecular formula is C13H9BrClF2N. The molecule has 0 atom stereocenters. The first kappa shape index (κ1) is 13.3. The van der Waals surface area contributed by atoms with Crippen molar-refractivity contribution in [2.24, 2.45) is 0 Å². The van der Waals surface area contributed by atoms with Gasteiger partial charge in [0.25, 0.3) is 0 Å². The van der Waals surface area contributed by atoms with Crippen LogP contribution in [0.3, 0.4) is 0 Å². The molecule has 0 heterocycles. The SMILES string of the molecule is Fc1ccc(CNc2ccc(Cl)cc2F)cc1Br. The van der Waals surface area contributed by atoms with Crippen LogP contribution in [0.5, 0.6) is 0 Å². The Morgan fingerprint density at radius 2 is 1.83 bits per heavy atom. The monoisotopic (exact) mass is 331 g/mol. The minimum absolute atomic E-state index is 0.323. The number of halogens is 4. The Balaban J connectivity index is 2.09. The van der Waals surface area contributed by atoms with Gasteiger partial charge in [-0.05, 0) is 51.8 Å². The van der Waals surface area contributed by atoms with E-state index in [-0.39, 0.29) is 5.82 Å². The Morgan fingerprint density at radius 3 is 2.50 bits per heavy atom. The smallest absolute Gasteiger partial charge is 0.147 e. The molecule has 0 spiro atoms. The molecule has 1 nitrogen and oxygen atoms in total. The fraction of sp³-hybridized carbons (Fsp3) is 0.0769. The van der Waals surface area contributed by atoms with Crippen LogP contribution < -0.4 is 5.32 Å². The third-order valence-electron chi connectivity index (χ3n) is 2.40. The maximum Gasteiger partial charge on any atom is 0.147 e. The Kier molecular flexibility index (Phi) is 4.19. The van der Waals surface area contributed by atoms with E-state index in [0.717, 1.165) is 5.56 Å². The van der Waals surface area contributed by atoms with Gasteiger partial charge >= 0.3 is 0 Å². The second-order valence-corrected chi connectivity index (χ2v) is 5.02. The van der Waals surface area contributed by atoms with Crippen LogP contribution in [0.25, 0.3) is 0 Å². The number of nitrogens with one attached hydrogen (secondary N) is 1. The van der Waals surface area contributed by atoms with E-state index in [1.54, 1.807) is 24.3 Å². The van der Waals surface area contributed by atoms with E-state index in [2.05, 4.69) is 21.2 Å². The van der Waals surface area contributed by atoms with Crippen LogP contribution in [-0.2, 0) is 6.54 Å². The molecular weight excluding hydrogens is 324 g/mol. The maximum atomic E-state index is 13.5. The van der Waals surface area contributed by atoms with Crippen LogP contribution in [0, 0.1) is 11.6 Å². The first-order valence-electron chi connectivity index (χ1n) is 5.19. The third kappa shape index (κ3) is 3.21. The number of hydrogen-bond donors (Lipinski definition) is 1. The molecule has 2 aromatic rings. The summed E-state index contributed by atoms with van der Waals surface area (Å²) in [6, 6.07) is 9.06. The topological polar surface area (TPSA) is 12.0 Å². The average molecular weight is 333 g/mol. The molecule has 0 fully saturated rings. The van der Waals surface area contributed by atoms with Gasteiger partial charge in [0.05, 0.1) is 10.2 Å². The summed E-state index contributed by atoms with van der Waals surface area (Å²) in [5, 5.41) is 3.28. The summed E-state index contributed by atoms with van der Waals surface area (Å²) in [6.45, 7) is 0.400. The summed E-state index contributed by atoms with van der Waals surface area (Å²) in [4.78, 5) is 0. The van der Waals surface area contributed by atoms with Crippen molar-refractivity contribution >= 4 is 33.2 Å². The Bertz CT molecular complexity index is 575. The van der Waals surface area contributed by atoms with Gasteiger partial charge in [0.2, 0.25) is 0 Å². The molecule has 94 valence electrons. The number of rotatable bonds is 3. The summed E-state index contributed by atoms with van der Waals surface area (Å²) >= 11 is 8.76. The zero-order valence-corrected chi connectivity index (χ0v) is 11.5. The lowest BCUT2D eigenvalue weighted by Gasteiger charge is -2.08. The van der Waals surface area contributed by atoms with Crippen LogP contribution in [0.15, 0.2) is 40.9 Å². The van der Waals surface area contributed by atoms with E-state index in [9.17, 15) is 8.78 Å². The number of benzene rings is 2. The van der Waals surface area contributed by atoms with Gasteiger partial charge in [0.1, 0.15) is 11.6 Å². The van der Waals surface area contributed by atoms with Crippen LogP contribution in [-0.4, -0.2) is 0 Å². The van der Waals surface area contributed by atoms with Crippen LogP contribution in [0.1, 0.15) is 5.56 Å². The molecule has 0 saturated heterocycles. The first-order chi connectivity index (χ1) is 8.56. The van der Waals surface area contributed by atoms with Gasteiger partial charge in [-0.2, -0.15) is 0 Å². The van der Waals surface area contributed by atoms with E-state index in [4.69, 9.17) is 11.6 Å². The Labute approximate surface area is 117 Å². The van der Waals surface area contributed by atoms with E-state index in [0.29, 0.717) is 21.7 Å². The van der Waals surface area contributed by atoms with Gasteiger partial charge in [-0.25, -0.2) is 8.78 Å². The molecule has 0 saturated carbocycles. The first-order valence-corrected chi connectivity index (χ1v) is 6.36. The summed E-state index contributed by atoms with van der Waals surface area (Å²) in [7, 11) is 0. The van der Waals surface area contributed by atoms with E-state index >= 15 is 0 Å². The molecule has 0 unspecified atom stereocenters. The predicted octanol–water partition coefficient (Wildman–Crippen LogP) is 4.99. The second-order valence-electron chi connectivity index (χ2n) is 3.73. The average Bonchev–Trinajstić information content (AvgIpc) is 2.32. The van der Waals surface area contributed by atoms with Gasteiger partial charge < -0.3 is 5.32 Å². The zero-order valence-electron chi connectivity index (χ0n) is 9.18. The second kappa shape index (κ2) is 5.67. The van der Waals surface area contributed by atoms with Crippen molar-refractivity contribution in [2.45, 2.75) is 6.54 Å². The highest BCUT2D eigenvalue weighted by molar-refractivity contribution is 9.10. The number of anilines is 1. The van der Waals surface area contributed by atoms with Gasteiger partial charge in [-0.3, -0.25) is 0 Å².